The smallest absolute Gasteiger partial charge is 0.223 e. The highest BCUT2D eigenvalue weighted by Crippen LogP contribution is 2.43. The number of nitrogens with zero attached hydrogens (tertiary/aromatic N) is 1. The summed E-state index contributed by atoms with van der Waals surface area (Å²) in [5.41, 5.74) is 2.04. The van der Waals surface area contributed by atoms with Crippen molar-refractivity contribution < 1.29 is 18.7 Å². The standard InChI is InChI=1S/C30H33F2NO2/c1-21(22-9-11-23(12-10-22)26-14-13-25(31)19-27(26)32)33-18-17-30(20-28(33)34,16-15-29(2,3)35)24-7-5-4-6-8-24/h4-14,19,21,35H,15-18,20H2,1-3H3/t21-,30?/m0/s1. The lowest BCUT2D eigenvalue weighted by Crippen LogP contribution is -2.47. The van der Waals surface area contributed by atoms with E-state index in [-0.39, 0.29) is 17.4 Å². The molecule has 4 rings (SSSR count). The molecule has 1 N–H and O–H groups in total. The van der Waals surface area contributed by atoms with E-state index in [4.69, 9.17) is 0 Å². The fourth-order valence-electron chi connectivity index (χ4n) is 5.13. The first kappa shape index (κ1) is 25.1. The van der Waals surface area contributed by atoms with Crippen molar-refractivity contribution in [2.45, 2.75) is 63.5 Å². The molecule has 1 aliphatic rings. The molecule has 1 fully saturated rings. The quantitative estimate of drug-likeness (QED) is 0.406. The van der Waals surface area contributed by atoms with Gasteiger partial charge in [-0.15, -0.1) is 0 Å². The minimum Gasteiger partial charge on any atom is -0.390 e. The number of carbonyl (C=O) groups excluding carboxylic acids is 1. The molecule has 0 aromatic heterocycles. The van der Waals surface area contributed by atoms with E-state index in [9.17, 15) is 18.7 Å². The van der Waals surface area contributed by atoms with Crippen molar-refractivity contribution in [2.75, 3.05) is 6.54 Å². The number of halogens is 2. The molecule has 3 nitrogen and oxygen atoms in total. The molecule has 2 atom stereocenters. The molecule has 1 amide bonds. The third-order valence-electron chi connectivity index (χ3n) is 7.35. The highest BCUT2D eigenvalue weighted by atomic mass is 19.1. The first-order valence-corrected chi connectivity index (χ1v) is 12.2. The van der Waals surface area contributed by atoms with Gasteiger partial charge in [-0.05, 0) is 68.9 Å². The van der Waals surface area contributed by atoms with Crippen LogP contribution in [0, 0.1) is 11.6 Å². The van der Waals surface area contributed by atoms with Crippen LogP contribution in [-0.4, -0.2) is 28.1 Å². The Morgan fingerprint density at radius 2 is 1.71 bits per heavy atom. The third kappa shape index (κ3) is 5.62. The van der Waals surface area contributed by atoms with Crippen molar-refractivity contribution in [1.29, 1.82) is 0 Å². The Kier molecular flexibility index (Phi) is 7.09. The molecule has 5 heteroatoms. The summed E-state index contributed by atoms with van der Waals surface area (Å²) in [4.78, 5) is 15.4. The Balaban J connectivity index is 1.52. The Morgan fingerprint density at radius 1 is 1.03 bits per heavy atom. The first-order chi connectivity index (χ1) is 16.6. The van der Waals surface area contributed by atoms with Gasteiger partial charge in [-0.1, -0.05) is 54.6 Å². The zero-order valence-corrected chi connectivity index (χ0v) is 20.6. The highest BCUT2D eigenvalue weighted by molar-refractivity contribution is 5.79. The SMILES string of the molecule is C[C@@H](c1ccc(-c2ccc(F)cc2F)cc1)N1CCC(CCC(C)(C)O)(c2ccccc2)CC1=O. The monoisotopic (exact) mass is 477 g/mol. The molecule has 3 aromatic rings. The van der Waals surface area contributed by atoms with Gasteiger partial charge in [-0.3, -0.25) is 4.79 Å². The second-order valence-electron chi connectivity index (χ2n) is 10.4. The normalized spacial score (nSPS) is 19.6. The van der Waals surface area contributed by atoms with E-state index in [1.54, 1.807) is 0 Å². The molecule has 0 bridgehead atoms. The van der Waals surface area contributed by atoms with Crippen molar-refractivity contribution in [3.05, 3.63) is 95.6 Å². The van der Waals surface area contributed by atoms with Crippen LogP contribution in [0.5, 0.6) is 0 Å². The minimum absolute atomic E-state index is 0.0944. The van der Waals surface area contributed by atoms with Crippen molar-refractivity contribution >= 4 is 5.91 Å². The van der Waals surface area contributed by atoms with Gasteiger partial charge < -0.3 is 10.0 Å². The molecule has 3 aromatic carbocycles. The lowest BCUT2D eigenvalue weighted by atomic mass is 9.68. The molecule has 1 heterocycles. The number of likely N-dealkylation sites (tertiary alicyclic amines) is 1. The Morgan fingerprint density at radius 3 is 2.31 bits per heavy atom. The second kappa shape index (κ2) is 9.90. The molecule has 1 aliphatic heterocycles. The van der Waals surface area contributed by atoms with E-state index in [2.05, 4.69) is 12.1 Å². The van der Waals surface area contributed by atoms with E-state index < -0.39 is 17.2 Å². The van der Waals surface area contributed by atoms with Gasteiger partial charge >= 0.3 is 0 Å². The van der Waals surface area contributed by atoms with Crippen LogP contribution in [0.1, 0.15) is 63.6 Å². The average Bonchev–Trinajstić information content (AvgIpc) is 2.83. The zero-order chi connectivity index (χ0) is 25.2. The number of piperidine rings is 1. The number of carbonyl (C=O) groups is 1. The summed E-state index contributed by atoms with van der Waals surface area (Å²) in [7, 11) is 0. The van der Waals surface area contributed by atoms with Gasteiger partial charge in [0.25, 0.3) is 0 Å². The highest BCUT2D eigenvalue weighted by Gasteiger charge is 2.42. The van der Waals surface area contributed by atoms with E-state index in [1.807, 2.05) is 68.1 Å². The topological polar surface area (TPSA) is 40.5 Å². The molecule has 184 valence electrons. The molecule has 0 spiro atoms. The van der Waals surface area contributed by atoms with Gasteiger partial charge in [-0.2, -0.15) is 0 Å². The summed E-state index contributed by atoms with van der Waals surface area (Å²) < 4.78 is 27.4. The van der Waals surface area contributed by atoms with Crippen LogP contribution in [0.3, 0.4) is 0 Å². The van der Waals surface area contributed by atoms with Crippen LogP contribution >= 0.6 is 0 Å². The summed E-state index contributed by atoms with van der Waals surface area (Å²) in [5, 5.41) is 10.4. The van der Waals surface area contributed by atoms with Gasteiger partial charge in [-0.25, -0.2) is 8.78 Å². The van der Waals surface area contributed by atoms with Crippen molar-refractivity contribution in [1.82, 2.24) is 4.90 Å². The van der Waals surface area contributed by atoms with Crippen LogP contribution in [0.15, 0.2) is 72.8 Å². The first-order valence-electron chi connectivity index (χ1n) is 12.2. The number of aliphatic hydroxyl groups is 1. The lowest BCUT2D eigenvalue weighted by Gasteiger charge is -2.44. The summed E-state index contributed by atoms with van der Waals surface area (Å²) in [6.07, 6.45) is 2.58. The molecular weight excluding hydrogens is 444 g/mol. The molecule has 0 radical (unpaired) electrons. The van der Waals surface area contributed by atoms with Gasteiger partial charge in [0.1, 0.15) is 11.6 Å². The molecular formula is C30H33F2NO2. The van der Waals surface area contributed by atoms with Gasteiger partial charge in [0.05, 0.1) is 11.6 Å². The van der Waals surface area contributed by atoms with E-state index in [1.165, 1.54) is 12.1 Å². The third-order valence-corrected chi connectivity index (χ3v) is 7.35. The number of amides is 1. The predicted octanol–water partition coefficient (Wildman–Crippen LogP) is 6.80. The van der Waals surface area contributed by atoms with Gasteiger partial charge in [0.15, 0.2) is 0 Å². The van der Waals surface area contributed by atoms with Crippen LogP contribution < -0.4 is 0 Å². The summed E-state index contributed by atoms with van der Waals surface area (Å²) in [6.45, 7) is 6.26. The maximum atomic E-state index is 14.2. The number of benzene rings is 3. The predicted molar refractivity (Wildman–Crippen MR) is 135 cm³/mol. The lowest BCUT2D eigenvalue weighted by molar-refractivity contribution is -0.138. The van der Waals surface area contributed by atoms with Crippen LogP contribution in [0.25, 0.3) is 11.1 Å². The van der Waals surface area contributed by atoms with Gasteiger partial charge in [0.2, 0.25) is 5.91 Å². The van der Waals surface area contributed by atoms with E-state index >= 15 is 0 Å². The van der Waals surface area contributed by atoms with Gasteiger partial charge in [0, 0.05) is 30.0 Å². The molecule has 0 saturated carbocycles. The zero-order valence-electron chi connectivity index (χ0n) is 20.6. The molecule has 0 aliphatic carbocycles. The van der Waals surface area contributed by atoms with E-state index in [0.717, 1.165) is 30.0 Å². The van der Waals surface area contributed by atoms with Crippen molar-refractivity contribution in [3.8, 4) is 11.1 Å². The summed E-state index contributed by atoms with van der Waals surface area (Å²) in [6, 6.07) is 21.1. The second-order valence-corrected chi connectivity index (χ2v) is 10.4. The number of rotatable bonds is 7. The largest absolute Gasteiger partial charge is 0.390 e. The Hall–Kier alpha value is -3.05. The van der Waals surface area contributed by atoms with Crippen LogP contribution in [0.4, 0.5) is 8.78 Å². The fourth-order valence-corrected chi connectivity index (χ4v) is 5.13. The molecule has 1 unspecified atom stereocenters. The number of hydrogen-bond donors (Lipinski definition) is 1. The molecule has 35 heavy (non-hydrogen) atoms. The maximum Gasteiger partial charge on any atom is 0.223 e. The fraction of sp³-hybridized carbons (Fsp3) is 0.367. The summed E-state index contributed by atoms with van der Waals surface area (Å²) >= 11 is 0. The average molecular weight is 478 g/mol. The minimum atomic E-state index is -0.791. The Bertz CT molecular complexity index is 1170. The summed E-state index contributed by atoms with van der Waals surface area (Å²) in [5.74, 6) is -1.11. The van der Waals surface area contributed by atoms with Crippen molar-refractivity contribution in [2.24, 2.45) is 0 Å². The molecule has 1 saturated heterocycles. The Labute approximate surface area is 206 Å². The van der Waals surface area contributed by atoms with Crippen LogP contribution in [0.2, 0.25) is 0 Å². The number of hydrogen-bond acceptors (Lipinski definition) is 2. The van der Waals surface area contributed by atoms with Crippen LogP contribution in [-0.2, 0) is 10.2 Å². The maximum absolute atomic E-state index is 14.2. The van der Waals surface area contributed by atoms with Crippen molar-refractivity contribution in [3.63, 3.8) is 0 Å². The van der Waals surface area contributed by atoms with E-state index in [0.29, 0.717) is 30.5 Å².